The van der Waals surface area contributed by atoms with Crippen LogP contribution in [0.1, 0.15) is 17.3 Å². The van der Waals surface area contributed by atoms with Gasteiger partial charge in [0.1, 0.15) is 5.82 Å². The van der Waals surface area contributed by atoms with Crippen molar-refractivity contribution >= 4 is 21.8 Å². The first-order chi connectivity index (χ1) is 8.08. The molecule has 1 saturated heterocycles. The molecule has 1 aliphatic rings. The van der Waals surface area contributed by atoms with Crippen LogP contribution in [0, 0.1) is 5.82 Å². The molecule has 1 aromatic carbocycles. The van der Waals surface area contributed by atoms with E-state index in [-0.39, 0.29) is 17.6 Å². The number of benzene rings is 1. The van der Waals surface area contributed by atoms with Crippen molar-refractivity contribution in [2.24, 2.45) is 0 Å². The topological polar surface area (TPSA) is 29.5 Å². The van der Waals surface area contributed by atoms with Crippen LogP contribution in [0.2, 0.25) is 0 Å². The van der Waals surface area contributed by atoms with Crippen molar-refractivity contribution in [2.45, 2.75) is 13.0 Å². The molecule has 0 aromatic heterocycles. The van der Waals surface area contributed by atoms with E-state index in [1.807, 2.05) is 6.92 Å². The molecule has 0 bridgehead atoms. The van der Waals surface area contributed by atoms with Crippen LogP contribution in [0.15, 0.2) is 22.7 Å². The first kappa shape index (κ1) is 12.5. The van der Waals surface area contributed by atoms with Crippen molar-refractivity contribution in [1.82, 2.24) is 4.90 Å². The van der Waals surface area contributed by atoms with Gasteiger partial charge in [0.25, 0.3) is 5.91 Å². The van der Waals surface area contributed by atoms with E-state index >= 15 is 0 Å². The van der Waals surface area contributed by atoms with E-state index in [1.54, 1.807) is 11.0 Å². The molecule has 0 spiro atoms. The van der Waals surface area contributed by atoms with Gasteiger partial charge in [-0.15, -0.1) is 0 Å². The number of halogens is 2. The third kappa shape index (κ3) is 2.84. The van der Waals surface area contributed by atoms with Crippen molar-refractivity contribution in [2.75, 3.05) is 19.7 Å². The van der Waals surface area contributed by atoms with E-state index < -0.39 is 5.82 Å². The standard InChI is InChI=1S/C12H13BrFNO2/c1-8-7-15(4-5-17-8)12(16)10-6-9(13)2-3-11(10)14/h2-3,6,8H,4-5,7H2,1H3. The second-order valence-electron chi connectivity index (χ2n) is 4.06. The molecule has 1 heterocycles. The second-order valence-corrected chi connectivity index (χ2v) is 4.97. The Labute approximate surface area is 108 Å². The van der Waals surface area contributed by atoms with Crippen LogP contribution in [0.4, 0.5) is 4.39 Å². The maximum Gasteiger partial charge on any atom is 0.257 e. The number of carbonyl (C=O) groups is 1. The molecule has 3 nitrogen and oxygen atoms in total. The monoisotopic (exact) mass is 301 g/mol. The molecule has 17 heavy (non-hydrogen) atoms. The fourth-order valence-corrected chi connectivity index (χ4v) is 2.20. The van der Waals surface area contributed by atoms with E-state index in [4.69, 9.17) is 4.74 Å². The van der Waals surface area contributed by atoms with Crippen LogP contribution in [-0.4, -0.2) is 36.6 Å². The quantitative estimate of drug-likeness (QED) is 0.797. The smallest absolute Gasteiger partial charge is 0.257 e. The van der Waals surface area contributed by atoms with Gasteiger partial charge in [-0.2, -0.15) is 0 Å². The molecule has 2 rings (SSSR count). The van der Waals surface area contributed by atoms with Crippen LogP contribution in [0.25, 0.3) is 0 Å². The number of morpholine rings is 1. The van der Waals surface area contributed by atoms with Crippen molar-refractivity contribution < 1.29 is 13.9 Å². The molecule has 5 heteroatoms. The Hall–Kier alpha value is -0.940. The van der Waals surface area contributed by atoms with Gasteiger partial charge >= 0.3 is 0 Å². The lowest BCUT2D eigenvalue weighted by molar-refractivity contribution is -0.0125. The number of hydrogen-bond acceptors (Lipinski definition) is 2. The Balaban J connectivity index is 2.21. The largest absolute Gasteiger partial charge is 0.375 e. The summed E-state index contributed by atoms with van der Waals surface area (Å²) in [7, 11) is 0. The van der Waals surface area contributed by atoms with E-state index in [0.29, 0.717) is 24.2 Å². The first-order valence-corrected chi connectivity index (χ1v) is 6.23. The molecule has 1 unspecified atom stereocenters. The van der Waals surface area contributed by atoms with Crippen LogP contribution >= 0.6 is 15.9 Å². The summed E-state index contributed by atoms with van der Waals surface area (Å²) >= 11 is 3.24. The predicted molar refractivity (Wildman–Crippen MR) is 65.4 cm³/mol. The highest BCUT2D eigenvalue weighted by atomic mass is 79.9. The van der Waals surface area contributed by atoms with Crippen molar-refractivity contribution in [1.29, 1.82) is 0 Å². The zero-order valence-corrected chi connectivity index (χ0v) is 11.0. The van der Waals surface area contributed by atoms with E-state index in [1.165, 1.54) is 12.1 Å². The molecule has 0 radical (unpaired) electrons. The summed E-state index contributed by atoms with van der Waals surface area (Å²) in [4.78, 5) is 13.8. The Kier molecular flexibility index (Phi) is 3.79. The fourth-order valence-electron chi connectivity index (χ4n) is 1.83. The Morgan fingerprint density at radius 3 is 3.06 bits per heavy atom. The summed E-state index contributed by atoms with van der Waals surface area (Å²) in [6.07, 6.45) is 0.00270. The Bertz CT molecular complexity index is 439. The fraction of sp³-hybridized carbons (Fsp3) is 0.417. The number of rotatable bonds is 1. The zero-order valence-electron chi connectivity index (χ0n) is 9.45. The Morgan fingerprint density at radius 2 is 2.35 bits per heavy atom. The van der Waals surface area contributed by atoms with Gasteiger partial charge in [0.05, 0.1) is 18.3 Å². The van der Waals surface area contributed by atoms with Crippen LogP contribution in [0.3, 0.4) is 0 Å². The highest BCUT2D eigenvalue weighted by molar-refractivity contribution is 9.10. The van der Waals surface area contributed by atoms with E-state index in [9.17, 15) is 9.18 Å². The number of ether oxygens (including phenoxy) is 1. The van der Waals surface area contributed by atoms with Crippen LogP contribution in [-0.2, 0) is 4.74 Å². The van der Waals surface area contributed by atoms with Crippen LogP contribution in [0.5, 0.6) is 0 Å². The molecule has 92 valence electrons. The average molecular weight is 302 g/mol. The number of amides is 1. The molecule has 1 fully saturated rings. The number of nitrogens with zero attached hydrogens (tertiary/aromatic N) is 1. The molecule has 0 N–H and O–H groups in total. The summed E-state index contributed by atoms with van der Waals surface area (Å²) in [5.41, 5.74) is 0.105. The Morgan fingerprint density at radius 1 is 1.59 bits per heavy atom. The third-order valence-corrected chi connectivity index (χ3v) is 3.18. The van der Waals surface area contributed by atoms with Crippen molar-refractivity contribution in [3.63, 3.8) is 0 Å². The highest BCUT2D eigenvalue weighted by Crippen LogP contribution is 2.18. The molecular weight excluding hydrogens is 289 g/mol. The van der Waals surface area contributed by atoms with Gasteiger partial charge in [0.2, 0.25) is 0 Å². The summed E-state index contributed by atoms with van der Waals surface area (Å²) in [6.45, 7) is 3.42. The first-order valence-electron chi connectivity index (χ1n) is 5.44. The minimum Gasteiger partial charge on any atom is -0.375 e. The minimum atomic E-state index is -0.489. The normalized spacial score (nSPS) is 20.4. The van der Waals surface area contributed by atoms with Gasteiger partial charge in [-0.1, -0.05) is 15.9 Å². The van der Waals surface area contributed by atoms with Gasteiger partial charge < -0.3 is 9.64 Å². The number of hydrogen-bond donors (Lipinski definition) is 0. The lowest BCUT2D eigenvalue weighted by Crippen LogP contribution is -2.44. The second kappa shape index (κ2) is 5.14. The SMILES string of the molecule is CC1CN(C(=O)c2cc(Br)ccc2F)CCO1. The van der Waals surface area contributed by atoms with Gasteiger partial charge in [-0.3, -0.25) is 4.79 Å². The molecular formula is C12H13BrFNO2. The third-order valence-electron chi connectivity index (χ3n) is 2.69. The molecule has 1 atom stereocenters. The maximum atomic E-state index is 13.6. The molecule has 1 aromatic rings. The minimum absolute atomic E-state index is 0.00270. The summed E-state index contributed by atoms with van der Waals surface area (Å²) < 4.78 is 19.6. The predicted octanol–water partition coefficient (Wildman–Crippen LogP) is 2.45. The summed E-state index contributed by atoms with van der Waals surface area (Å²) in [5, 5.41) is 0. The lowest BCUT2D eigenvalue weighted by atomic mass is 10.1. The van der Waals surface area contributed by atoms with E-state index in [0.717, 1.165) is 0 Å². The number of carbonyl (C=O) groups excluding carboxylic acids is 1. The van der Waals surface area contributed by atoms with Gasteiger partial charge in [-0.05, 0) is 25.1 Å². The summed E-state index contributed by atoms with van der Waals surface area (Å²) in [6, 6.07) is 4.38. The van der Waals surface area contributed by atoms with E-state index in [2.05, 4.69) is 15.9 Å². The summed E-state index contributed by atoms with van der Waals surface area (Å²) in [5.74, 6) is -0.767. The molecule has 0 aliphatic carbocycles. The average Bonchev–Trinajstić information content (AvgIpc) is 2.31. The van der Waals surface area contributed by atoms with Crippen LogP contribution < -0.4 is 0 Å². The molecule has 1 amide bonds. The lowest BCUT2D eigenvalue weighted by Gasteiger charge is -2.31. The molecule has 0 saturated carbocycles. The van der Waals surface area contributed by atoms with Crippen molar-refractivity contribution in [3.05, 3.63) is 34.1 Å². The molecule has 1 aliphatic heterocycles. The van der Waals surface area contributed by atoms with Gasteiger partial charge in [0, 0.05) is 17.6 Å². The zero-order chi connectivity index (χ0) is 12.4. The van der Waals surface area contributed by atoms with Crippen molar-refractivity contribution in [3.8, 4) is 0 Å². The van der Waals surface area contributed by atoms with Gasteiger partial charge in [-0.25, -0.2) is 4.39 Å². The highest BCUT2D eigenvalue weighted by Gasteiger charge is 2.24. The van der Waals surface area contributed by atoms with Gasteiger partial charge in [0.15, 0.2) is 0 Å². The maximum absolute atomic E-state index is 13.6.